The van der Waals surface area contributed by atoms with Gasteiger partial charge in [-0.1, -0.05) is 17.7 Å². The number of hydrogen-bond donors (Lipinski definition) is 1. The van der Waals surface area contributed by atoms with Crippen LogP contribution < -0.4 is 5.32 Å². The summed E-state index contributed by atoms with van der Waals surface area (Å²) in [5.74, 6) is 0. The highest BCUT2D eigenvalue weighted by Gasteiger charge is 2.01. The fourth-order valence-electron chi connectivity index (χ4n) is 2.12. The summed E-state index contributed by atoms with van der Waals surface area (Å²) in [6, 6.07) is 13.9. The van der Waals surface area contributed by atoms with Crippen LogP contribution in [0.1, 0.15) is 11.1 Å². The van der Waals surface area contributed by atoms with Gasteiger partial charge in [0.05, 0.1) is 18.1 Å². The number of nitrogens with one attached hydrogen (secondary N) is 1. The first-order valence-corrected chi connectivity index (χ1v) is 7.06. The Morgan fingerprint density at radius 2 is 1.76 bits per heavy atom. The van der Waals surface area contributed by atoms with E-state index in [9.17, 15) is 0 Å². The lowest BCUT2D eigenvalue weighted by atomic mass is 10.1. The summed E-state index contributed by atoms with van der Waals surface area (Å²) in [5.41, 5.74) is 4.41. The van der Waals surface area contributed by atoms with Gasteiger partial charge in [-0.2, -0.15) is 15.0 Å². The standard InChI is InChI=1S/C16H15ClN4/c1-12-10-14(17)3-2-13(12)11-18-15-4-6-16(7-5-15)21-19-8-9-20-21/h2-10,18H,11H2,1H3. The highest BCUT2D eigenvalue weighted by atomic mass is 35.5. The summed E-state index contributed by atoms with van der Waals surface area (Å²) in [5, 5.41) is 12.4. The Morgan fingerprint density at radius 1 is 1.05 bits per heavy atom. The average molecular weight is 299 g/mol. The maximum absolute atomic E-state index is 5.97. The van der Waals surface area contributed by atoms with Crippen LogP contribution in [-0.2, 0) is 6.54 Å². The number of benzene rings is 2. The van der Waals surface area contributed by atoms with E-state index in [-0.39, 0.29) is 0 Å². The first kappa shape index (κ1) is 13.6. The Morgan fingerprint density at radius 3 is 2.43 bits per heavy atom. The Hall–Kier alpha value is -2.33. The van der Waals surface area contributed by atoms with Crippen molar-refractivity contribution in [1.82, 2.24) is 15.0 Å². The zero-order valence-electron chi connectivity index (χ0n) is 11.6. The zero-order valence-corrected chi connectivity index (χ0v) is 12.4. The minimum atomic E-state index is 0.766. The van der Waals surface area contributed by atoms with Crippen molar-refractivity contribution in [2.24, 2.45) is 0 Å². The van der Waals surface area contributed by atoms with Gasteiger partial charge < -0.3 is 5.32 Å². The summed E-state index contributed by atoms with van der Waals surface area (Å²) in [6.45, 7) is 2.83. The second-order valence-electron chi connectivity index (χ2n) is 4.79. The Balaban J connectivity index is 1.68. The third-order valence-electron chi connectivity index (χ3n) is 3.30. The molecule has 0 saturated carbocycles. The minimum Gasteiger partial charge on any atom is -0.381 e. The number of nitrogens with zero attached hydrogens (tertiary/aromatic N) is 3. The van der Waals surface area contributed by atoms with Crippen LogP contribution in [0.3, 0.4) is 0 Å². The van der Waals surface area contributed by atoms with E-state index in [4.69, 9.17) is 11.6 Å². The molecular formula is C16H15ClN4. The smallest absolute Gasteiger partial charge is 0.0858 e. The minimum absolute atomic E-state index is 0.766. The summed E-state index contributed by atoms with van der Waals surface area (Å²) in [6.07, 6.45) is 3.32. The molecule has 0 unspecified atom stereocenters. The van der Waals surface area contributed by atoms with E-state index in [1.165, 1.54) is 11.1 Å². The molecular weight excluding hydrogens is 284 g/mol. The maximum Gasteiger partial charge on any atom is 0.0858 e. The molecule has 2 aromatic carbocycles. The third-order valence-corrected chi connectivity index (χ3v) is 3.54. The lowest BCUT2D eigenvalue weighted by Crippen LogP contribution is -2.02. The Labute approximate surface area is 128 Å². The molecule has 3 aromatic rings. The van der Waals surface area contributed by atoms with Crippen molar-refractivity contribution in [2.75, 3.05) is 5.32 Å². The van der Waals surface area contributed by atoms with Crippen LogP contribution >= 0.6 is 11.6 Å². The van der Waals surface area contributed by atoms with Crippen LogP contribution in [0.5, 0.6) is 0 Å². The quantitative estimate of drug-likeness (QED) is 0.796. The van der Waals surface area contributed by atoms with E-state index in [1.54, 1.807) is 17.2 Å². The molecule has 0 amide bonds. The number of aryl methyl sites for hydroxylation is 1. The van der Waals surface area contributed by atoms with Gasteiger partial charge in [-0.05, 0) is 54.4 Å². The largest absolute Gasteiger partial charge is 0.381 e. The summed E-state index contributed by atoms with van der Waals surface area (Å²) in [4.78, 5) is 1.59. The van der Waals surface area contributed by atoms with Crippen molar-refractivity contribution >= 4 is 17.3 Å². The topological polar surface area (TPSA) is 42.7 Å². The molecule has 1 heterocycles. The monoisotopic (exact) mass is 298 g/mol. The van der Waals surface area contributed by atoms with Crippen molar-refractivity contribution in [3.05, 3.63) is 71.0 Å². The molecule has 1 aromatic heterocycles. The Kier molecular flexibility index (Phi) is 3.88. The molecule has 0 saturated heterocycles. The molecule has 0 bridgehead atoms. The molecule has 0 aliphatic carbocycles. The van der Waals surface area contributed by atoms with Gasteiger partial charge in [0.15, 0.2) is 0 Å². The maximum atomic E-state index is 5.97. The first-order chi connectivity index (χ1) is 10.2. The van der Waals surface area contributed by atoms with E-state index in [1.807, 2.05) is 42.5 Å². The Bertz CT molecular complexity index is 721. The molecule has 3 rings (SSSR count). The van der Waals surface area contributed by atoms with E-state index in [2.05, 4.69) is 22.4 Å². The van der Waals surface area contributed by atoms with Crippen molar-refractivity contribution < 1.29 is 0 Å². The van der Waals surface area contributed by atoms with E-state index in [0.29, 0.717) is 0 Å². The van der Waals surface area contributed by atoms with E-state index >= 15 is 0 Å². The molecule has 5 heteroatoms. The molecule has 21 heavy (non-hydrogen) atoms. The van der Waals surface area contributed by atoms with Gasteiger partial charge in [0.2, 0.25) is 0 Å². The molecule has 0 spiro atoms. The van der Waals surface area contributed by atoms with Gasteiger partial charge in [-0.15, -0.1) is 0 Å². The van der Waals surface area contributed by atoms with Gasteiger partial charge in [0, 0.05) is 17.3 Å². The van der Waals surface area contributed by atoms with Gasteiger partial charge >= 0.3 is 0 Å². The van der Waals surface area contributed by atoms with E-state index in [0.717, 1.165) is 22.9 Å². The normalized spacial score (nSPS) is 10.6. The van der Waals surface area contributed by atoms with Crippen molar-refractivity contribution in [1.29, 1.82) is 0 Å². The van der Waals surface area contributed by atoms with E-state index < -0.39 is 0 Å². The summed E-state index contributed by atoms with van der Waals surface area (Å²) < 4.78 is 0. The number of halogens is 1. The fraction of sp³-hybridized carbons (Fsp3) is 0.125. The molecule has 0 atom stereocenters. The second kappa shape index (κ2) is 5.97. The predicted octanol–water partition coefficient (Wildman–Crippen LogP) is 3.84. The lowest BCUT2D eigenvalue weighted by Gasteiger charge is -2.10. The summed E-state index contributed by atoms with van der Waals surface area (Å²) in [7, 11) is 0. The number of anilines is 1. The molecule has 4 nitrogen and oxygen atoms in total. The number of aromatic nitrogens is 3. The third kappa shape index (κ3) is 3.23. The van der Waals surface area contributed by atoms with Gasteiger partial charge in [0.25, 0.3) is 0 Å². The van der Waals surface area contributed by atoms with Crippen LogP contribution in [0.25, 0.3) is 5.69 Å². The van der Waals surface area contributed by atoms with Crippen LogP contribution in [0.15, 0.2) is 54.9 Å². The molecule has 0 radical (unpaired) electrons. The second-order valence-corrected chi connectivity index (χ2v) is 5.23. The van der Waals surface area contributed by atoms with Gasteiger partial charge in [0.1, 0.15) is 0 Å². The fourth-order valence-corrected chi connectivity index (χ4v) is 2.34. The number of rotatable bonds is 4. The van der Waals surface area contributed by atoms with Crippen LogP contribution in [-0.4, -0.2) is 15.0 Å². The highest BCUT2D eigenvalue weighted by molar-refractivity contribution is 6.30. The van der Waals surface area contributed by atoms with Gasteiger partial charge in [-0.25, -0.2) is 0 Å². The summed E-state index contributed by atoms with van der Waals surface area (Å²) >= 11 is 5.97. The van der Waals surface area contributed by atoms with Crippen molar-refractivity contribution in [3.8, 4) is 5.69 Å². The van der Waals surface area contributed by atoms with Gasteiger partial charge in [-0.3, -0.25) is 0 Å². The molecule has 1 N–H and O–H groups in total. The SMILES string of the molecule is Cc1cc(Cl)ccc1CNc1ccc(-n2nccn2)cc1. The zero-order chi connectivity index (χ0) is 14.7. The van der Waals surface area contributed by atoms with Crippen molar-refractivity contribution in [2.45, 2.75) is 13.5 Å². The lowest BCUT2D eigenvalue weighted by molar-refractivity contribution is 0.752. The van der Waals surface area contributed by atoms with Crippen LogP contribution in [0, 0.1) is 6.92 Å². The molecule has 106 valence electrons. The molecule has 0 aliphatic rings. The highest BCUT2D eigenvalue weighted by Crippen LogP contribution is 2.17. The van der Waals surface area contributed by atoms with Crippen molar-refractivity contribution in [3.63, 3.8) is 0 Å². The molecule has 0 fully saturated rings. The van der Waals surface area contributed by atoms with Crippen LogP contribution in [0.2, 0.25) is 5.02 Å². The predicted molar refractivity (Wildman–Crippen MR) is 84.9 cm³/mol. The average Bonchev–Trinajstić information content (AvgIpc) is 3.01. The first-order valence-electron chi connectivity index (χ1n) is 6.68. The van der Waals surface area contributed by atoms with Crippen LogP contribution in [0.4, 0.5) is 5.69 Å². The number of hydrogen-bond acceptors (Lipinski definition) is 3. The molecule has 0 aliphatic heterocycles.